The standard InChI is InChI=1S/C14H9.BrH.Zn/c1-2-6-12-10-14-8-4-3-7-13(14)9-11(12)5-1;;/h1-3,5-10H;1H;/q-1;;+2/p-1. The minimum absolute atomic E-state index is 1.19. The average Bonchev–Trinajstić information content (AvgIpc) is 2.38. The van der Waals surface area contributed by atoms with Gasteiger partial charge in [-0.05, 0) is 10.8 Å². The normalized spacial score (nSPS) is 9.94. The second-order valence-electron chi connectivity index (χ2n) is 3.47. The first-order valence-corrected chi connectivity index (χ1v) is 11.9. The van der Waals surface area contributed by atoms with Crippen LogP contribution in [0.15, 0.2) is 54.6 Å². The molecule has 0 aromatic heterocycles. The molecule has 3 rings (SSSR count). The van der Waals surface area contributed by atoms with E-state index in [0.717, 1.165) is 0 Å². The van der Waals surface area contributed by atoms with Gasteiger partial charge in [-0.15, -0.1) is 16.8 Å². The molecule has 0 spiro atoms. The van der Waals surface area contributed by atoms with E-state index in [-0.39, 0.29) is 0 Å². The molecule has 0 saturated heterocycles. The molecule has 3 aromatic rings. The third-order valence-corrected chi connectivity index (χ3v) is 2.55. The molecule has 0 radical (unpaired) electrons. The maximum atomic E-state index is 3.10. The Morgan fingerprint density at radius 1 is 0.812 bits per heavy atom. The molecule has 0 aliphatic carbocycles. The van der Waals surface area contributed by atoms with E-state index in [0.29, 0.717) is 0 Å². The summed E-state index contributed by atoms with van der Waals surface area (Å²) in [5.74, 6) is 0. The van der Waals surface area contributed by atoms with Crippen molar-refractivity contribution in [2.24, 2.45) is 0 Å². The van der Waals surface area contributed by atoms with Crippen molar-refractivity contribution in [2.75, 3.05) is 0 Å². The summed E-state index contributed by atoms with van der Waals surface area (Å²) >= 11 is 4.25. The van der Waals surface area contributed by atoms with Gasteiger partial charge in [0.15, 0.2) is 0 Å². The van der Waals surface area contributed by atoms with Gasteiger partial charge in [-0.25, -0.2) is 0 Å². The molecule has 0 heterocycles. The van der Waals surface area contributed by atoms with Gasteiger partial charge < -0.3 is 0 Å². The SMILES string of the molecule is [Zn+][Br].[c-]1ccc2cc3ccccc3cc2c1. The number of hydrogen-bond acceptors (Lipinski definition) is 0. The van der Waals surface area contributed by atoms with Crippen LogP contribution in [0.1, 0.15) is 0 Å². The summed E-state index contributed by atoms with van der Waals surface area (Å²) < 4.78 is 0. The predicted octanol–water partition coefficient (Wildman–Crippen LogP) is 4.64. The second kappa shape index (κ2) is 5.56. The molecule has 3 aromatic carbocycles. The first-order valence-electron chi connectivity index (χ1n) is 4.99. The van der Waals surface area contributed by atoms with E-state index in [1.54, 1.807) is 0 Å². The quantitative estimate of drug-likeness (QED) is 0.321. The van der Waals surface area contributed by atoms with Crippen molar-refractivity contribution in [1.82, 2.24) is 0 Å². The first-order chi connectivity index (χ1) is 7.93. The Labute approximate surface area is 112 Å². The van der Waals surface area contributed by atoms with Crippen molar-refractivity contribution in [2.45, 2.75) is 0 Å². The Kier molecular flexibility index (Phi) is 4.09. The number of fused-ring (bicyclic) bond motifs is 2. The minimum Gasteiger partial charge on any atom is -0.183 e. The third kappa shape index (κ3) is 2.34. The Hall–Kier alpha value is -0.717. The van der Waals surface area contributed by atoms with E-state index in [1.807, 2.05) is 12.1 Å². The Morgan fingerprint density at radius 2 is 1.38 bits per heavy atom. The van der Waals surface area contributed by atoms with Crippen LogP contribution >= 0.6 is 13.6 Å². The summed E-state index contributed by atoms with van der Waals surface area (Å²) in [4.78, 5) is 0. The molecule has 16 heavy (non-hydrogen) atoms. The van der Waals surface area contributed by atoms with Gasteiger partial charge in [0.2, 0.25) is 0 Å². The summed E-state index contributed by atoms with van der Waals surface area (Å²) in [6.07, 6.45) is 0. The smallest absolute Gasteiger partial charge is 0.0209 e. The van der Waals surface area contributed by atoms with Crippen molar-refractivity contribution in [1.29, 1.82) is 0 Å². The molecule has 0 aliphatic heterocycles. The monoisotopic (exact) mass is 320 g/mol. The van der Waals surface area contributed by atoms with Crippen molar-refractivity contribution in [3.8, 4) is 0 Å². The fourth-order valence-electron chi connectivity index (χ4n) is 1.82. The molecule has 0 aliphatic rings. The first kappa shape index (κ1) is 11.8. The number of rotatable bonds is 0. The van der Waals surface area contributed by atoms with E-state index in [4.69, 9.17) is 0 Å². The Bertz CT molecular complexity index is 499. The molecular formula is C14H9BrZn. The van der Waals surface area contributed by atoms with Gasteiger partial charge in [0.1, 0.15) is 0 Å². The van der Waals surface area contributed by atoms with E-state index < -0.39 is 0 Å². The van der Waals surface area contributed by atoms with Crippen LogP contribution in [0.4, 0.5) is 0 Å². The summed E-state index contributed by atoms with van der Waals surface area (Å²) in [6, 6.07) is 22.0. The van der Waals surface area contributed by atoms with E-state index in [9.17, 15) is 0 Å². The van der Waals surface area contributed by atoms with Gasteiger partial charge in [-0.2, -0.15) is 24.3 Å². The second-order valence-corrected chi connectivity index (χ2v) is 3.47. The molecule has 0 unspecified atom stereocenters. The van der Waals surface area contributed by atoms with Crippen LogP contribution in [-0.2, 0) is 16.3 Å². The molecule has 0 fully saturated rings. The van der Waals surface area contributed by atoms with E-state index >= 15 is 0 Å². The van der Waals surface area contributed by atoms with Crippen molar-refractivity contribution in [3.05, 3.63) is 60.7 Å². The van der Waals surface area contributed by atoms with Crippen LogP contribution < -0.4 is 0 Å². The average molecular weight is 323 g/mol. The molecular weight excluding hydrogens is 313 g/mol. The van der Waals surface area contributed by atoms with Crippen molar-refractivity contribution >= 4 is 35.2 Å². The Balaban J connectivity index is 0.000000457. The van der Waals surface area contributed by atoms with E-state index in [2.05, 4.69) is 62.2 Å². The summed E-state index contributed by atoms with van der Waals surface area (Å²) in [7, 11) is 0. The van der Waals surface area contributed by atoms with Crippen LogP contribution in [-0.4, -0.2) is 0 Å². The summed E-state index contributed by atoms with van der Waals surface area (Å²) in [6.45, 7) is 0. The van der Waals surface area contributed by atoms with Gasteiger partial charge in [0.05, 0.1) is 0 Å². The van der Waals surface area contributed by atoms with Crippen molar-refractivity contribution in [3.63, 3.8) is 0 Å². The molecule has 2 heteroatoms. The fourth-order valence-corrected chi connectivity index (χ4v) is 1.82. The van der Waals surface area contributed by atoms with Crippen LogP contribution in [0.3, 0.4) is 0 Å². The zero-order valence-corrected chi connectivity index (χ0v) is 13.3. The van der Waals surface area contributed by atoms with E-state index in [1.165, 1.54) is 37.9 Å². The molecule has 0 bridgehead atoms. The molecule has 0 saturated carbocycles. The van der Waals surface area contributed by atoms with Crippen LogP contribution in [0.5, 0.6) is 0 Å². The molecule has 74 valence electrons. The van der Waals surface area contributed by atoms with Gasteiger partial charge in [-0.1, -0.05) is 30.3 Å². The van der Waals surface area contributed by atoms with Gasteiger partial charge in [-0.3, -0.25) is 0 Å². The van der Waals surface area contributed by atoms with Gasteiger partial charge >= 0.3 is 30.0 Å². The summed E-state index contributed by atoms with van der Waals surface area (Å²) in [5, 5.41) is 5.12. The molecule has 0 atom stereocenters. The minimum atomic E-state index is 1.19. The molecule has 0 nitrogen and oxygen atoms in total. The Morgan fingerprint density at radius 3 is 2.06 bits per heavy atom. The maximum Gasteiger partial charge on any atom is -0.0209 e. The van der Waals surface area contributed by atoms with Gasteiger partial charge in [0.25, 0.3) is 0 Å². The van der Waals surface area contributed by atoms with Crippen LogP contribution in [0, 0.1) is 6.07 Å². The van der Waals surface area contributed by atoms with Crippen LogP contribution in [0.2, 0.25) is 0 Å². The predicted molar refractivity (Wildman–Crippen MR) is 69.2 cm³/mol. The zero-order chi connectivity index (χ0) is 11.4. The van der Waals surface area contributed by atoms with Gasteiger partial charge in [0, 0.05) is 0 Å². The largest absolute Gasteiger partial charge is 0.183 e. The topological polar surface area (TPSA) is 0 Å². The third-order valence-electron chi connectivity index (χ3n) is 2.55. The summed E-state index contributed by atoms with van der Waals surface area (Å²) in [5.41, 5.74) is 0. The fraction of sp³-hybridized carbons (Fsp3) is 0. The number of hydrogen-bond donors (Lipinski definition) is 0. The molecule has 0 N–H and O–H groups in total. The molecule has 0 amide bonds. The maximum absolute atomic E-state index is 3.10. The number of benzene rings is 3. The van der Waals surface area contributed by atoms with Crippen molar-refractivity contribution < 1.29 is 16.3 Å². The number of halogens is 1. The van der Waals surface area contributed by atoms with Crippen LogP contribution in [0.25, 0.3) is 21.5 Å². The zero-order valence-electron chi connectivity index (χ0n) is 8.78.